The van der Waals surface area contributed by atoms with Gasteiger partial charge in [-0.25, -0.2) is 4.98 Å². The Labute approximate surface area is 197 Å². The van der Waals surface area contributed by atoms with Gasteiger partial charge in [-0.3, -0.25) is 4.79 Å². The fourth-order valence-corrected chi connectivity index (χ4v) is 4.77. The normalized spacial score (nSPS) is 11.1. The number of hydrogen-bond donors (Lipinski definition) is 1. The molecule has 10 heteroatoms. The van der Waals surface area contributed by atoms with Crippen molar-refractivity contribution in [3.05, 3.63) is 60.0 Å². The second kappa shape index (κ2) is 9.08. The van der Waals surface area contributed by atoms with Gasteiger partial charge in [-0.2, -0.15) is 0 Å². The second-order valence-corrected chi connectivity index (χ2v) is 8.90. The van der Waals surface area contributed by atoms with Crippen molar-refractivity contribution in [2.45, 2.75) is 5.16 Å². The molecule has 0 aliphatic heterocycles. The lowest BCUT2D eigenvalue weighted by Crippen LogP contribution is -2.14. The molecule has 3 aromatic heterocycles. The summed E-state index contributed by atoms with van der Waals surface area (Å²) in [7, 11) is 3.44. The first-order chi connectivity index (χ1) is 16.1. The standard InChI is InChI=1S/C23H19N5O3S2/c1-28-21(18-11-15-9-6-10-17(30-2)20(15)31-18)26-27-23(28)33-13-19(29)25-22-24-16(12-32-22)14-7-4-3-5-8-14/h3-12H,13H2,1-2H3,(H,24,25,29). The van der Waals surface area contributed by atoms with E-state index in [0.717, 1.165) is 16.6 Å². The van der Waals surface area contributed by atoms with E-state index >= 15 is 0 Å². The van der Waals surface area contributed by atoms with Gasteiger partial charge >= 0.3 is 0 Å². The van der Waals surface area contributed by atoms with Crippen molar-refractivity contribution in [1.29, 1.82) is 0 Å². The molecule has 5 aromatic rings. The summed E-state index contributed by atoms with van der Waals surface area (Å²) < 4.78 is 13.1. The fourth-order valence-electron chi connectivity index (χ4n) is 3.32. The van der Waals surface area contributed by atoms with Gasteiger partial charge in [0.05, 0.1) is 18.6 Å². The van der Waals surface area contributed by atoms with Gasteiger partial charge in [-0.05, 0) is 12.1 Å². The highest BCUT2D eigenvalue weighted by molar-refractivity contribution is 7.99. The first kappa shape index (κ1) is 21.2. The molecule has 0 atom stereocenters. The van der Waals surface area contributed by atoms with E-state index in [1.165, 1.54) is 23.1 Å². The predicted octanol–water partition coefficient (Wildman–Crippen LogP) is 5.09. The molecule has 1 N–H and O–H groups in total. The molecule has 1 amide bonds. The number of amides is 1. The number of carbonyl (C=O) groups is 1. The quantitative estimate of drug-likeness (QED) is 0.326. The van der Waals surface area contributed by atoms with Crippen LogP contribution in [0.5, 0.6) is 5.75 Å². The number of furan rings is 1. The molecule has 0 aliphatic carbocycles. The molecule has 0 radical (unpaired) electrons. The largest absolute Gasteiger partial charge is 0.493 e. The number of carbonyl (C=O) groups excluding carboxylic acids is 1. The highest BCUT2D eigenvalue weighted by Crippen LogP contribution is 2.33. The zero-order valence-electron chi connectivity index (χ0n) is 17.8. The van der Waals surface area contributed by atoms with E-state index < -0.39 is 0 Å². The molecule has 0 bridgehead atoms. The number of benzene rings is 2. The number of anilines is 1. The van der Waals surface area contributed by atoms with Crippen LogP contribution < -0.4 is 10.1 Å². The Hall–Kier alpha value is -3.63. The number of nitrogens with one attached hydrogen (secondary N) is 1. The fraction of sp³-hybridized carbons (Fsp3) is 0.130. The van der Waals surface area contributed by atoms with Crippen molar-refractivity contribution in [1.82, 2.24) is 19.7 Å². The minimum Gasteiger partial charge on any atom is -0.493 e. The summed E-state index contributed by atoms with van der Waals surface area (Å²) in [6.07, 6.45) is 0. The molecule has 0 spiro atoms. The average molecular weight is 478 g/mol. The SMILES string of the molecule is COc1cccc2cc(-c3nnc(SCC(=O)Nc4nc(-c5ccccc5)cs4)n3C)oc12. The summed E-state index contributed by atoms with van der Waals surface area (Å²) in [5.41, 5.74) is 2.51. The molecule has 0 aliphatic rings. The van der Waals surface area contributed by atoms with E-state index in [4.69, 9.17) is 9.15 Å². The third-order valence-electron chi connectivity index (χ3n) is 4.94. The summed E-state index contributed by atoms with van der Waals surface area (Å²) in [4.78, 5) is 16.9. The van der Waals surface area contributed by atoms with Gasteiger partial charge in [0.15, 0.2) is 33.2 Å². The number of nitrogens with zero attached hydrogens (tertiary/aromatic N) is 4. The number of rotatable bonds is 7. The highest BCUT2D eigenvalue weighted by Gasteiger charge is 2.18. The lowest BCUT2D eigenvalue weighted by atomic mass is 10.2. The minimum absolute atomic E-state index is 0.160. The van der Waals surface area contributed by atoms with E-state index in [1.807, 2.05) is 67.0 Å². The maximum atomic E-state index is 12.5. The van der Waals surface area contributed by atoms with Crippen LogP contribution in [-0.2, 0) is 11.8 Å². The first-order valence-electron chi connectivity index (χ1n) is 10.0. The molecule has 0 fully saturated rings. The van der Waals surface area contributed by atoms with E-state index in [-0.39, 0.29) is 11.7 Å². The Bertz CT molecular complexity index is 1420. The molecule has 8 nitrogen and oxygen atoms in total. The monoisotopic (exact) mass is 477 g/mol. The van der Waals surface area contributed by atoms with Crippen molar-refractivity contribution in [2.75, 3.05) is 18.2 Å². The summed E-state index contributed by atoms with van der Waals surface area (Å²) in [6, 6.07) is 17.4. The zero-order chi connectivity index (χ0) is 22.8. The van der Waals surface area contributed by atoms with E-state index in [1.54, 1.807) is 11.7 Å². The number of aromatic nitrogens is 4. The van der Waals surface area contributed by atoms with Gasteiger partial charge in [-0.15, -0.1) is 21.5 Å². The van der Waals surface area contributed by atoms with Gasteiger partial charge in [0.1, 0.15) is 0 Å². The Morgan fingerprint density at radius 1 is 1.18 bits per heavy atom. The third-order valence-corrected chi connectivity index (χ3v) is 6.71. The van der Waals surface area contributed by atoms with Crippen LogP contribution in [0.1, 0.15) is 0 Å². The molecule has 0 saturated heterocycles. The van der Waals surface area contributed by atoms with Crippen LogP contribution in [0, 0.1) is 0 Å². The number of fused-ring (bicyclic) bond motifs is 1. The Balaban J connectivity index is 1.25. The molecular formula is C23H19N5O3S2. The number of para-hydroxylation sites is 1. The topological polar surface area (TPSA) is 95.1 Å². The van der Waals surface area contributed by atoms with E-state index in [2.05, 4.69) is 20.5 Å². The van der Waals surface area contributed by atoms with Crippen LogP contribution in [-0.4, -0.2) is 38.5 Å². The smallest absolute Gasteiger partial charge is 0.236 e. The van der Waals surface area contributed by atoms with Gasteiger partial charge in [0.25, 0.3) is 0 Å². The Kier molecular flexibility index (Phi) is 5.84. The van der Waals surface area contributed by atoms with Gasteiger partial charge in [0.2, 0.25) is 5.91 Å². The maximum Gasteiger partial charge on any atom is 0.236 e. The van der Waals surface area contributed by atoms with Crippen LogP contribution in [0.15, 0.2) is 69.6 Å². The number of hydrogen-bond acceptors (Lipinski definition) is 8. The molecule has 166 valence electrons. The summed E-state index contributed by atoms with van der Waals surface area (Å²) in [6.45, 7) is 0. The predicted molar refractivity (Wildman–Crippen MR) is 130 cm³/mol. The van der Waals surface area contributed by atoms with E-state index in [9.17, 15) is 4.79 Å². The summed E-state index contributed by atoms with van der Waals surface area (Å²) in [5.74, 6) is 1.83. The van der Waals surface area contributed by atoms with Crippen molar-refractivity contribution >= 4 is 45.1 Å². The molecular weight excluding hydrogens is 458 g/mol. The second-order valence-electron chi connectivity index (χ2n) is 7.10. The van der Waals surface area contributed by atoms with E-state index in [0.29, 0.717) is 33.2 Å². The maximum absolute atomic E-state index is 12.5. The molecule has 33 heavy (non-hydrogen) atoms. The lowest BCUT2D eigenvalue weighted by molar-refractivity contribution is -0.113. The molecule has 0 unspecified atom stereocenters. The van der Waals surface area contributed by atoms with Crippen molar-refractivity contribution in [3.8, 4) is 28.6 Å². The molecule has 3 heterocycles. The number of methoxy groups -OCH3 is 1. The molecule has 5 rings (SSSR count). The van der Waals surface area contributed by atoms with Crippen molar-refractivity contribution in [3.63, 3.8) is 0 Å². The van der Waals surface area contributed by atoms with Crippen LogP contribution in [0.25, 0.3) is 33.8 Å². The Morgan fingerprint density at radius 2 is 2.03 bits per heavy atom. The summed E-state index contributed by atoms with van der Waals surface area (Å²) >= 11 is 2.69. The van der Waals surface area contributed by atoms with Crippen LogP contribution >= 0.6 is 23.1 Å². The number of thiazole rings is 1. The van der Waals surface area contributed by atoms with Gasteiger partial charge in [0, 0.05) is 23.4 Å². The number of ether oxygens (including phenoxy) is 1. The molecule has 0 saturated carbocycles. The van der Waals surface area contributed by atoms with Gasteiger partial charge in [-0.1, -0.05) is 54.2 Å². The van der Waals surface area contributed by atoms with Crippen molar-refractivity contribution < 1.29 is 13.9 Å². The molecule has 2 aromatic carbocycles. The Morgan fingerprint density at radius 3 is 2.85 bits per heavy atom. The minimum atomic E-state index is -0.160. The summed E-state index contributed by atoms with van der Waals surface area (Å²) in [5, 5.41) is 15.3. The van der Waals surface area contributed by atoms with Crippen LogP contribution in [0.4, 0.5) is 5.13 Å². The van der Waals surface area contributed by atoms with Crippen molar-refractivity contribution in [2.24, 2.45) is 7.05 Å². The highest BCUT2D eigenvalue weighted by atomic mass is 32.2. The third kappa shape index (κ3) is 4.35. The first-order valence-corrected chi connectivity index (χ1v) is 11.9. The lowest BCUT2D eigenvalue weighted by Gasteiger charge is -2.03. The number of thioether (sulfide) groups is 1. The van der Waals surface area contributed by atoms with Gasteiger partial charge < -0.3 is 19.0 Å². The average Bonchev–Trinajstić information content (AvgIpc) is 3.56. The zero-order valence-corrected chi connectivity index (χ0v) is 19.4. The van der Waals surface area contributed by atoms with Crippen LogP contribution in [0.2, 0.25) is 0 Å². The van der Waals surface area contributed by atoms with Crippen LogP contribution in [0.3, 0.4) is 0 Å².